The van der Waals surface area contributed by atoms with E-state index in [0.29, 0.717) is 27.1 Å². The van der Waals surface area contributed by atoms with Gasteiger partial charge in [-0.2, -0.15) is 8.78 Å². The van der Waals surface area contributed by atoms with Crippen molar-refractivity contribution in [2.45, 2.75) is 33.5 Å². The molecule has 158 valence electrons. The number of rotatable bonds is 7. The first kappa shape index (κ1) is 22.1. The summed E-state index contributed by atoms with van der Waals surface area (Å²) in [5.74, 6) is 0.220. The predicted molar refractivity (Wildman–Crippen MR) is 113 cm³/mol. The molecule has 0 aliphatic carbocycles. The Morgan fingerprint density at radius 1 is 1.00 bits per heavy atom. The van der Waals surface area contributed by atoms with Gasteiger partial charge in [0.15, 0.2) is 6.10 Å². The van der Waals surface area contributed by atoms with Gasteiger partial charge in [0.1, 0.15) is 11.5 Å². The van der Waals surface area contributed by atoms with Crippen molar-refractivity contribution in [3.05, 3.63) is 75.5 Å². The Morgan fingerprint density at radius 2 is 1.67 bits per heavy atom. The van der Waals surface area contributed by atoms with E-state index >= 15 is 0 Å². The summed E-state index contributed by atoms with van der Waals surface area (Å²) in [6.45, 7) is 2.43. The van der Waals surface area contributed by atoms with Crippen molar-refractivity contribution >= 4 is 29.0 Å². The standard InChI is InChI=1S/C22H19Cl2F2NO3/c1-12-10-18(21(28)14(3)29-20-9-4-15(23)11-19(20)24)13(2)27(12)16-5-7-17(8-6-16)30-22(25)26/h4-11,14,22H,1-3H3. The van der Waals surface area contributed by atoms with Gasteiger partial charge in [0.2, 0.25) is 5.78 Å². The Hall–Kier alpha value is -2.57. The van der Waals surface area contributed by atoms with Gasteiger partial charge >= 0.3 is 6.61 Å². The second-order valence-electron chi connectivity index (χ2n) is 6.69. The van der Waals surface area contributed by atoms with Crippen LogP contribution in [0.5, 0.6) is 11.5 Å². The van der Waals surface area contributed by atoms with E-state index in [1.54, 1.807) is 43.3 Å². The van der Waals surface area contributed by atoms with Gasteiger partial charge in [0, 0.05) is 27.7 Å². The molecule has 1 unspecified atom stereocenters. The molecule has 0 aliphatic heterocycles. The molecule has 0 amide bonds. The van der Waals surface area contributed by atoms with Crippen LogP contribution in [-0.2, 0) is 0 Å². The fourth-order valence-electron chi connectivity index (χ4n) is 3.22. The zero-order valence-corrected chi connectivity index (χ0v) is 18.0. The summed E-state index contributed by atoms with van der Waals surface area (Å²) in [6, 6.07) is 12.8. The maximum absolute atomic E-state index is 13.0. The van der Waals surface area contributed by atoms with Crippen LogP contribution in [0.4, 0.5) is 8.78 Å². The van der Waals surface area contributed by atoms with Crippen LogP contribution in [0.25, 0.3) is 5.69 Å². The Labute approximate surface area is 182 Å². The van der Waals surface area contributed by atoms with E-state index in [1.807, 2.05) is 18.4 Å². The average molecular weight is 454 g/mol. The Morgan fingerprint density at radius 3 is 2.27 bits per heavy atom. The van der Waals surface area contributed by atoms with Crippen LogP contribution in [0.2, 0.25) is 10.0 Å². The van der Waals surface area contributed by atoms with E-state index in [1.165, 1.54) is 12.1 Å². The Kier molecular flexibility index (Phi) is 6.68. The van der Waals surface area contributed by atoms with Gasteiger partial charge in [0.25, 0.3) is 0 Å². The number of carbonyl (C=O) groups excluding carboxylic acids is 1. The third-order valence-electron chi connectivity index (χ3n) is 4.58. The molecule has 8 heteroatoms. The van der Waals surface area contributed by atoms with Gasteiger partial charge in [-0.3, -0.25) is 4.79 Å². The zero-order valence-electron chi connectivity index (χ0n) is 16.5. The number of carbonyl (C=O) groups is 1. The highest BCUT2D eigenvalue weighted by molar-refractivity contribution is 6.35. The number of ketones is 1. The maximum Gasteiger partial charge on any atom is 0.387 e. The molecule has 0 bridgehead atoms. The molecule has 30 heavy (non-hydrogen) atoms. The molecule has 1 aromatic heterocycles. The van der Waals surface area contributed by atoms with Crippen molar-refractivity contribution < 1.29 is 23.0 Å². The third kappa shape index (κ3) is 4.77. The SMILES string of the molecule is Cc1cc(C(=O)C(C)Oc2ccc(Cl)cc2Cl)c(C)n1-c1ccc(OC(F)F)cc1. The molecule has 0 fully saturated rings. The van der Waals surface area contributed by atoms with Gasteiger partial charge < -0.3 is 14.0 Å². The summed E-state index contributed by atoms with van der Waals surface area (Å²) in [5, 5.41) is 0.790. The van der Waals surface area contributed by atoms with Crippen molar-refractivity contribution in [1.29, 1.82) is 0 Å². The van der Waals surface area contributed by atoms with Crippen LogP contribution in [0, 0.1) is 13.8 Å². The normalized spacial score (nSPS) is 12.1. The largest absolute Gasteiger partial charge is 0.481 e. The summed E-state index contributed by atoms with van der Waals surface area (Å²) in [6.07, 6.45) is -0.778. The van der Waals surface area contributed by atoms with Crippen LogP contribution >= 0.6 is 23.2 Å². The molecule has 0 aliphatic rings. The van der Waals surface area contributed by atoms with E-state index in [9.17, 15) is 13.6 Å². The Balaban J connectivity index is 1.84. The van der Waals surface area contributed by atoms with Crippen molar-refractivity contribution in [3.63, 3.8) is 0 Å². The molecule has 0 spiro atoms. The minimum Gasteiger partial charge on any atom is -0.481 e. The smallest absolute Gasteiger partial charge is 0.387 e. The van der Waals surface area contributed by atoms with E-state index in [2.05, 4.69) is 4.74 Å². The van der Waals surface area contributed by atoms with Crippen molar-refractivity contribution in [2.75, 3.05) is 0 Å². The molecule has 0 saturated carbocycles. The van der Waals surface area contributed by atoms with Gasteiger partial charge in [-0.15, -0.1) is 0 Å². The molecule has 3 aromatic rings. The summed E-state index contributed by atoms with van der Waals surface area (Å²) < 4.78 is 36.7. The van der Waals surface area contributed by atoms with E-state index in [0.717, 1.165) is 11.4 Å². The molecular formula is C22H19Cl2F2NO3. The number of Topliss-reactive ketones (excluding diaryl/α,β-unsaturated/α-hetero) is 1. The summed E-state index contributed by atoms with van der Waals surface area (Å²) in [4.78, 5) is 13.0. The van der Waals surface area contributed by atoms with Crippen molar-refractivity contribution in [1.82, 2.24) is 4.57 Å². The fourth-order valence-corrected chi connectivity index (χ4v) is 3.67. The highest BCUT2D eigenvalue weighted by Gasteiger charge is 2.23. The van der Waals surface area contributed by atoms with Crippen LogP contribution in [0.15, 0.2) is 48.5 Å². The van der Waals surface area contributed by atoms with Gasteiger partial charge in [0.05, 0.1) is 5.02 Å². The lowest BCUT2D eigenvalue weighted by atomic mass is 10.1. The average Bonchev–Trinajstić information content (AvgIpc) is 2.98. The monoisotopic (exact) mass is 453 g/mol. The first-order valence-corrected chi connectivity index (χ1v) is 9.83. The number of benzene rings is 2. The van der Waals surface area contributed by atoms with Crippen LogP contribution in [0.3, 0.4) is 0 Å². The van der Waals surface area contributed by atoms with Crippen LogP contribution < -0.4 is 9.47 Å². The minimum atomic E-state index is -2.88. The molecule has 4 nitrogen and oxygen atoms in total. The van der Waals surface area contributed by atoms with E-state index in [4.69, 9.17) is 27.9 Å². The third-order valence-corrected chi connectivity index (χ3v) is 5.11. The number of nitrogens with zero attached hydrogens (tertiary/aromatic N) is 1. The van der Waals surface area contributed by atoms with Gasteiger partial charge in [-0.05, 0) is 69.3 Å². The number of hydrogen-bond donors (Lipinski definition) is 0. The summed E-state index contributed by atoms with van der Waals surface area (Å²) >= 11 is 12.0. The number of hydrogen-bond acceptors (Lipinski definition) is 3. The van der Waals surface area contributed by atoms with Crippen molar-refractivity contribution in [2.24, 2.45) is 0 Å². The molecule has 0 N–H and O–H groups in total. The van der Waals surface area contributed by atoms with Gasteiger partial charge in [-0.25, -0.2) is 0 Å². The molecule has 0 radical (unpaired) electrons. The number of alkyl halides is 2. The maximum atomic E-state index is 13.0. The quantitative estimate of drug-likeness (QED) is 0.375. The lowest BCUT2D eigenvalue weighted by Gasteiger charge is -2.15. The first-order valence-electron chi connectivity index (χ1n) is 9.07. The molecule has 2 aromatic carbocycles. The highest BCUT2D eigenvalue weighted by Crippen LogP contribution is 2.30. The first-order chi connectivity index (χ1) is 14.2. The van der Waals surface area contributed by atoms with Crippen LogP contribution in [-0.4, -0.2) is 23.1 Å². The molecule has 3 rings (SSSR count). The number of aromatic nitrogens is 1. The fraction of sp³-hybridized carbons (Fsp3) is 0.227. The lowest BCUT2D eigenvalue weighted by Crippen LogP contribution is -2.24. The van der Waals surface area contributed by atoms with Crippen LogP contribution in [0.1, 0.15) is 28.7 Å². The number of halogens is 4. The number of ether oxygens (including phenoxy) is 2. The second kappa shape index (κ2) is 9.06. The summed E-state index contributed by atoms with van der Waals surface area (Å²) in [7, 11) is 0. The molecule has 1 heterocycles. The molecule has 0 saturated heterocycles. The Bertz CT molecular complexity index is 1060. The van der Waals surface area contributed by atoms with Crippen molar-refractivity contribution in [3.8, 4) is 17.2 Å². The predicted octanol–water partition coefficient (Wildman–Crippen LogP) is 6.65. The highest BCUT2D eigenvalue weighted by atomic mass is 35.5. The minimum absolute atomic E-state index is 0.0642. The molecular weight excluding hydrogens is 435 g/mol. The summed E-state index contributed by atoms with van der Waals surface area (Å²) in [5.41, 5.74) is 2.74. The lowest BCUT2D eigenvalue weighted by molar-refractivity contribution is -0.0498. The second-order valence-corrected chi connectivity index (χ2v) is 7.54. The topological polar surface area (TPSA) is 40.5 Å². The van der Waals surface area contributed by atoms with E-state index in [-0.39, 0.29) is 11.5 Å². The van der Waals surface area contributed by atoms with E-state index < -0.39 is 12.7 Å². The number of aryl methyl sites for hydroxylation is 1. The van der Waals surface area contributed by atoms with Gasteiger partial charge in [-0.1, -0.05) is 23.2 Å². The molecule has 1 atom stereocenters. The zero-order chi connectivity index (χ0) is 22.0.